The normalized spacial score (nSPS) is 11.2. The molecule has 0 heterocycles. The summed E-state index contributed by atoms with van der Waals surface area (Å²) in [6.45, 7) is 9.36. The zero-order valence-corrected chi connectivity index (χ0v) is 13.8. The summed E-state index contributed by atoms with van der Waals surface area (Å²) in [6.07, 6.45) is 2.05. The van der Waals surface area contributed by atoms with E-state index < -0.39 is 0 Å². The molecule has 0 atom stereocenters. The molecule has 0 fully saturated rings. The van der Waals surface area contributed by atoms with E-state index in [2.05, 4.69) is 44.4 Å². The molecule has 0 aliphatic heterocycles. The van der Waals surface area contributed by atoms with E-state index in [-0.39, 0.29) is 10.8 Å². The average molecular weight is 294 g/mol. The number of carbonyl (C=O) groups is 1. The Kier molecular flexibility index (Phi) is 6.93. The fraction of sp³-hybridized carbons (Fsp3) is 0.562. The first-order chi connectivity index (χ1) is 9.42. The van der Waals surface area contributed by atoms with Gasteiger partial charge in [0.2, 0.25) is 0 Å². The van der Waals surface area contributed by atoms with Gasteiger partial charge in [-0.2, -0.15) is 11.8 Å². The molecule has 0 saturated carbocycles. The second kappa shape index (κ2) is 8.20. The number of anilines is 1. The van der Waals surface area contributed by atoms with E-state index in [1.54, 1.807) is 0 Å². The van der Waals surface area contributed by atoms with Crippen LogP contribution in [0.5, 0.6) is 0 Å². The van der Waals surface area contributed by atoms with Crippen molar-refractivity contribution in [2.75, 3.05) is 17.6 Å². The van der Waals surface area contributed by atoms with E-state index in [9.17, 15) is 4.79 Å². The summed E-state index contributed by atoms with van der Waals surface area (Å²) in [5.41, 5.74) is 2.10. The van der Waals surface area contributed by atoms with Crippen LogP contribution in [0.1, 0.15) is 39.7 Å². The Morgan fingerprint density at radius 3 is 2.60 bits per heavy atom. The van der Waals surface area contributed by atoms with Crippen LogP contribution in [0.15, 0.2) is 24.3 Å². The van der Waals surface area contributed by atoms with Gasteiger partial charge in [-0.25, -0.2) is 4.79 Å². The number of urea groups is 1. The molecule has 0 aliphatic carbocycles. The Hall–Kier alpha value is -1.16. The standard InChI is InChI=1S/C16H26N2OS/c1-5-8-13-9-6-7-10-14(13)18-15(19)17-11-12-20-16(2,3)4/h6-7,9-10H,5,8,11-12H2,1-4H3,(H2,17,18,19). The van der Waals surface area contributed by atoms with E-state index in [1.807, 2.05) is 30.0 Å². The molecule has 0 saturated heterocycles. The van der Waals surface area contributed by atoms with Crippen LogP contribution in [0.25, 0.3) is 0 Å². The minimum absolute atomic E-state index is 0.122. The van der Waals surface area contributed by atoms with Crippen LogP contribution in [0, 0.1) is 0 Å². The molecule has 2 N–H and O–H groups in total. The summed E-state index contributed by atoms with van der Waals surface area (Å²) in [6, 6.07) is 7.85. The molecule has 1 aromatic rings. The van der Waals surface area contributed by atoms with Gasteiger partial charge in [0.1, 0.15) is 0 Å². The second-order valence-electron chi connectivity index (χ2n) is 5.75. The number of rotatable bonds is 6. The number of amides is 2. The average Bonchev–Trinajstić information content (AvgIpc) is 2.36. The lowest BCUT2D eigenvalue weighted by Gasteiger charge is -2.17. The van der Waals surface area contributed by atoms with Gasteiger partial charge in [-0.3, -0.25) is 0 Å². The molecule has 4 heteroatoms. The molecular weight excluding hydrogens is 268 g/mol. The van der Waals surface area contributed by atoms with Gasteiger partial charge in [-0.15, -0.1) is 0 Å². The number of hydrogen-bond donors (Lipinski definition) is 2. The molecule has 0 bridgehead atoms. The largest absolute Gasteiger partial charge is 0.337 e. The van der Waals surface area contributed by atoms with E-state index in [4.69, 9.17) is 0 Å². The number of aryl methyl sites for hydroxylation is 1. The van der Waals surface area contributed by atoms with E-state index in [0.29, 0.717) is 6.54 Å². The van der Waals surface area contributed by atoms with Gasteiger partial charge in [-0.05, 0) is 18.1 Å². The maximum atomic E-state index is 11.9. The molecule has 1 aromatic carbocycles. The zero-order chi connectivity index (χ0) is 15.0. The van der Waals surface area contributed by atoms with Crippen molar-refractivity contribution in [3.8, 4) is 0 Å². The molecular formula is C16H26N2OS. The highest BCUT2D eigenvalue weighted by atomic mass is 32.2. The molecule has 0 unspecified atom stereocenters. The highest BCUT2D eigenvalue weighted by molar-refractivity contribution is 8.00. The number of thioether (sulfide) groups is 1. The van der Waals surface area contributed by atoms with Crippen molar-refractivity contribution in [2.24, 2.45) is 0 Å². The molecule has 0 radical (unpaired) electrons. The van der Waals surface area contributed by atoms with Crippen LogP contribution in [-0.2, 0) is 6.42 Å². The van der Waals surface area contributed by atoms with E-state index in [1.165, 1.54) is 5.56 Å². The van der Waals surface area contributed by atoms with Crippen LogP contribution in [0.2, 0.25) is 0 Å². The zero-order valence-electron chi connectivity index (χ0n) is 13.0. The monoisotopic (exact) mass is 294 g/mol. The Labute approximate surface area is 126 Å². The lowest BCUT2D eigenvalue weighted by atomic mass is 10.1. The molecule has 0 aliphatic rings. The van der Waals surface area contributed by atoms with Gasteiger partial charge in [0.05, 0.1) is 0 Å². The predicted octanol–water partition coefficient (Wildman–Crippen LogP) is 4.29. The first-order valence-corrected chi connectivity index (χ1v) is 8.17. The van der Waals surface area contributed by atoms with Crippen LogP contribution >= 0.6 is 11.8 Å². The first kappa shape index (κ1) is 16.9. The maximum absolute atomic E-state index is 11.9. The number of nitrogens with one attached hydrogen (secondary N) is 2. The summed E-state index contributed by atoms with van der Waals surface area (Å²) >= 11 is 1.85. The molecule has 112 valence electrons. The lowest BCUT2D eigenvalue weighted by Crippen LogP contribution is -2.31. The summed E-state index contributed by atoms with van der Waals surface area (Å²) in [5.74, 6) is 0.924. The first-order valence-electron chi connectivity index (χ1n) is 7.19. The molecule has 1 rings (SSSR count). The van der Waals surface area contributed by atoms with Crippen molar-refractivity contribution in [3.63, 3.8) is 0 Å². The predicted molar refractivity (Wildman–Crippen MR) is 89.7 cm³/mol. The van der Waals surface area contributed by atoms with Crippen molar-refractivity contribution in [1.29, 1.82) is 0 Å². The fourth-order valence-corrected chi connectivity index (χ4v) is 2.63. The van der Waals surface area contributed by atoms with Crippen molar-refractivity contribution < 1.29 is 4.79 Å². The Morgan fingerprint density at radius 1 is 1.25 bits per heavy atom. The van der Waals surface area contributed by atoms with Crippen molar-refractivity contribution >= 4 is 23.5 Å². The van der Waals surface area contributed by atoms with Crippen LogP contribution in [0.4, 0.5) is 10.5 Å². The van der Waals surface area contributed by atoms with Gasteiger partial charge < -0.3 is 10.6 Å². The quantitative estimate of drug-likeness (QED) is 0.768. The van der Waals surface area contributed by atoms with Gasteiger partial charge in [0.25, 0.3) is 0 Å². The number of benzene rings is 1. The van der Waals surface area contributed by atoms with E-state index >= 15 is 0 Å². The lowest BCUT2D eigenvalue weighted by molar-refractivity contribution is 0.252. The number of carbonyl (C=O) groups excluding carboxylic acids is 1. The highest BCUT2D eigenvalue weighted by Gasteiger charge is 2.10. The smallest absolute Gasteiger partial charge is 0.319 e. The number of hydrogen-bond acceptors (Lipinski definition) is 2. The van der Waals surface area contributed by atoms with Gasteiger partial charge in [0, 0.05) is 22.7 Å². The Bertz CT molecular complexity index is 427. The third kappa shape index (κ3) is 6.85. The molecule has 2 amide bonds. The van der Waals surface area contributed by atoms with Gasteiger partial charge in [0.15, 0.2) is 0 Å². The third-order valence-corrected chi connectivity index (χ3v) is 3.98. The molecule has 3 nitrogen and oxygen atoms in total. The van der Waals surface area contributed by atoms with Crippen molar-refractivity contribution in [3.05, 3.63) is 29.8 Å². The number of para-hydroxylation sites is 1. The van der Waals surface area contributed by atoms with E-state index in [0.717, 1.165) is 24.3 Å². The van der Waals surface area contributed by atoms with Gasteiger partial charge >= 0.3 is 6.03 Å². The summed E-state index contributed by atoms with van der Waals surface area (Å²) in [4.78, 5) is 11.9. The fourth-order valence-electron chi connectivity index (χ4n) is 1.82. The highest BCUT2D eigenvalue weighted by Crippen LogP contribution is 2.22. The summed E-state index contributed by atoms with van der Waals surface area (Å²) < 4.78 is 0.242. The molecule has 0 spiro atoms. The Morgan fingerprint density at radius 2 is 1.95 bits per heavy atom. The minimum atomic E-state index is -0.122. The summed E-state index contributed by atoms with van der Waals surface area (Å²) in [7, 11) is 0. The molecule has 20 heavy (non-hydrogen) atoms. The van der Waals surface area contributed by atoms with Crippen LogP contribution < -0.4 is 10.6 Å². The van der Waals surface area contributed by atoms with Crippen LogP contribution in [0.3, 0.4) is 0 Å². The third-order valence-electron chi connectivity index (χ3n) is 2.71. The van der Waals surface area contributed by atoms with Crippen molar-refractivity contribution in [2.45, 2.75) is 45.3 Å². The molecule has 0 aromatic heterocycles. The Balaban J connectivity index is 2.39. The second-order valence-corrected chi connectivity index (χ2v) is 7.67. The topological polar surface area (TPSA) is 41.1 Å². The SMILES string of the molecule is CCCc1ccccc1NC(=O)NCCSC(C)(C)C. The minimum Gasteiger partial charge on any atom is -0.337 e. The van der Waals surface area contributed by atoms with Crippen molar-refractivity contribution in [1.82, 2.24) is 5.32 Å². The van der Waals surface area contributed by atoms with Gasteiger partial charge in [-0.1, -0.05) is 52.3 Å². The summed E-state index contributed by atoms with van der Waals surface area (Å²) in [5, 5.41) is 5.84. The van der Waals surface area contributed by atoms with Crippen LogP contribution in [-0.4, -0.2) is 23.1 Å². The maximum Gasteiger partial charge on any atom is 0.319 e.